The minimum absolute atomic E-state index is 0.0552. The first-order valence-corrected chi connectivity index (χ1v) is 13.2. The first-order valence-electron chi connectivity index (χ1n) is 13.2. The Morgan fingerprint density at radius 1 is 0.882 bits per heavy atom. The summed E-state index contributed by atoms with van der Waals surface area (Å²) in [7, 11) is 0. The molecule has 1 heterocycles. The number of nitrogens with one attached hydrogen (secondary N) is 1. The van der Waals surface area contributed by atoms with Gasteiger partial charge in [0.05, 0.1) is 0 Å². The van der Waals surface area contributed by atoms with E-state index < -0.39 is 6.04 Å². The summed E-state index contributed by atoms with van der Waals surface area (Å²) in [5, 5.41) is 3.25. The summed E-state index contributed by atoms with van der Waals surface area (Å²) in [6, 6.07) is 7.24. The van der Waals surface area contributed by atoms with Crippen LogP contribution in [0.3, 0.4) is 0 Å². The van der Waals surface area contributed by atoms with Crippen LogP contribution in [0.25, 0.3) is 0 Å². The molecule has 34 heavy (non-hydrogen) atoms. The summed E-state index contributed by atoms with van der Waals surface area (Å²) in [6.45, 7) is 8.43. The fourth-order valence-electron chi connectivity index (χ4n) is 7.49. The maximum Gasteiger partial charge on any atom is 0.245 e. The summed E-state index contributed by atoms with van der Waals surface area (Å²) < 4.78 is 0. The number of hydrogen-bond donors (Lipinski definition) is 1. The van der Waals surface area contributed by atoms with Crippen molar-refractivity contribution in [3.8, 4) is 0 Å². The molecule has 5 fully saturated rings. The monoisotopic (exact) mass is 465 g/mol. The summed E-state index contributed by atoms with van der Waals surface area (Å²) in [5.41, 5.74) is 1.56. The Morgan fingerprint density at radius 2 is 1.41 bits per heavy atom. The normalized spacial score (nSPS) is 31.0. The Bertz CT molecular complexity index is 911. The van der Waals surface area contributed by atoms with Gasteiger partial charge in [0.15, 0.2) is 5.78 Å². The highest BCUT2D eigenvalue weighted by Gasteiger charge is 2.55. The number of benzene rings is 1. The predicted molar refractivity (Wildman–Crippen MR) is 133 cm³/mol. The maximum atomic E-state index is 13.6. The number of amides is 2. The second-order valence-corrected chi connectivity index (χ2v) is 11.8. The van der Waals surface area contributed by atoms with Crippen LogP contribution in [0, 0.1) is 29.1 Å². The Morgan fingerprint density at radius 3 is 1.88 bits per heavy atom. The van der Waals surface area contributed by atoms with E-state index in [2.05, 4.69) is 10.2 Å². The predicted octanol–water partition coefficient (Wildman–Crippen LogP) is 3.90. The molecule has 2 amide bonds. The van der Waals surface area contributed by atoms with E-state index in [1.165, 1.54) is 19.3 Å². The van der Waals surface area contributed by atoms with Crippen molar-refractivity contribution in [2.75, 3.05) is 31.1 Å². The van der Waals surface area contributed by atoms with Gasteiger partial charge in [-0.1, -0.05) is 13.8 Å². The Labute approximate surface area is 203 Å². The molecular weight excluding hydrogens is 426 g/mol. The summed E-state index contributed by atoms with van der Waals surface area (Å²) in [6.07, 6.45) is 6.98. The Balaban J connectivity index is 1.21. The lowest BCUT2D eigenvalue weighted by atomic mass is 9.49. The summed E-state index contributed by atoms with van der Waals surface area (Å²) >= 11 is 0. The number of Topliss-reactive ketones (excluding diaryl/α,β-unsaturated/α-hetero) is 1. The van der Waals surface area contributed by atoms with Crippen molar-refractivity contribution in [1.29, 1.82) is 0 Å². The van der Waals surface area contributed by atoms with Gasteiger partial charge in [0.2, 0.25) is 11.8 Å². The highest BCUT2D eigenvalue weighted by atomic mass is 16.2. The highest BCUT2D eigenvalue weighted by molar-refractivity contribution is 5.94. The summed E-state index contributed by atoms with van der Waals surface area (Å²) in [4.78, 5) is 42.8. The molecular formula is C28H39N3O3. The van der Waals surface area contributed by atoms with E-state index in [4.69, 9.17) is 0 Å². The number of piperazine rings is 1. The van der Waals surface area contributed by atoms with E-state index in [0.29, 0.717) is 36.4 Å². The first-order chi connectivity index (χ1) is 16.2. The lowest BCUT2D eigenvalue weighted by molar-refractivity contribution is -0.150. The molecule has 6 rings (SSSR count). The van der Waals surface area contributed by atoms with E-state index >= 15 is 0 Å². The highest BCUT2D eigenvalue weighted by Crippen LogP contribution is 2.60. The third kappa shape index (κ3) is 4.36. The van der Waals surface area contributed by atoms with Gasteiger partial charge in [0.25, 0.3) is 0 Å². The third-order valence-corrected chi connectivity index (χ3v) is 8.97. The van der Waals surface area contributed by atoms with Crippen LogP contribution in [0.4, 0.5) is 5.69 Å². The van der Waals surface area contributed by atoms with Crippen molar-refractivity contribution in [3.05, 3.63) is 29.8 Å². The third-order valence-electron chi connectivity index (χ3n) is 8.97. The molecule has 4 aliphatic carbocycles. The average molecular weight is 466 g/mol. The van der Waals surface area contributed by atoms with Crippen LogP contribution in [-0.2, 0) is 9.59 Å². The zero-order chi connectivity index (χ0) is 24.0. The van der Waals surface area contributed by atoms with Gasteiger partial charge in [-0.05, 0) is 93.4 Å². The van der Waals surface area contributed by atoms with Gasteiger partial charge in [-0.2, -0.15) is 0 Å². The molecule has 184 valence electrons. The van der Waals surface area contributed by atoms with Crippen LogP contribution < -0.4 is 10.2 Å². The molecule has 1 aromatic carbocycles. The van der Waals surface area contributed by atoms with Gasteiger partial charge in [0.1, 0.15) is 6.04 Å². The van der Waals surface area contributed by atoms with Gasteiger partial charge >= 0.3 is 0 Å². The molecule has 1 N–H and O–H groups in total. The Kier molecular flexibility index (Phi) is 6.19. The standard InChI is InChI=1S/C28H39N3O3/c1-18(2)25(29-27(34)28-15-20-12-21(16-28)14-22(13-20)17-28)26(33)31-10-8-30(9-11-31)24-6-4-23(5-7-24)19(3)32/h4-7,18,20-22,25H,8-17H2,1-3H3,(H,29,34). The van der Waals surface area contributed by atoms with Gasteiger partial charge in [-0.25, -0.2) is 0 Å². The number of ketones is 1. The van der Waals surface area contributed by atoms with Gasteiger partial charge < -0.3 is 15.1 Å². The molecule has 1 aromatic rings. The fraction of sp³-hybridized carbons (Fsp3) is 0.679. The number of nitrogens with zero attached hydrogens (tertiary/aromatic N) is 2. The van der Waals surface area contributed by atoms with E-state index in [1.807, 2.05) is 43.0 Å². The van der Waals surface area contributed by atoms with E-state index in [1.54, 1.807) is 6.92 Å². The van der Waals surface area contributed by atoms with Crippen molar-refractivity contribution >= 4 is 23.3 Å². The SMILES string of the molecule is CC(=O)c1ccc(N2CCN(C(=O)C(NC(=O)C34CC5CC(CC(C5)C3)C4)C(C)C)CC2)cc1. The summed E-state index contributed by atoms with van der Waals surface area (Å²) in [5.74, 6) is 2.45. The maximum absolute atomic E-state index is 13.6. The van der Waals surface area contributed by atoms with Crippen LogP contribution in [-0.4, -0.2) is 54.7 Å². The number of anilines is 1. The molecule has 5 aliphatic rings. The number of carbonyl (C=O) groups excluding carboxylic acids is 3. The molecule has 4 bridgehead atoms. The molecule has 0 radical (unpaired) electrons. The van der Waals surface area contributed by atoms with Crippen molar-refractivity contribution < 1.29 is 14.4 Å². The molecule has 0 spiro atoms. The molecule has 4 saturated carbocycles. The fourth-order valence-corrected chi connectivity index (χ4v) is 7.49. The van der Waals surface area contributed by atoms with E-state index in [-0.39, 0.29) is 28.9 Å². The lowest BCUT2D eigenvalue weighted by Gasteiger charge is -2.56. The van der Waals surface area contributed by atoms with Crippen LogP contribution in [0.5, 0.6) is 0 Å². The zero-order valence-corrected chi connectivity index (χ0v) is 20.9. The smallest absolute Gasteiger partial charge is 0.245 e. The first kappa shape index (κ1) is 23.4. The van der Waals surface area contributed by atoms with Gasteiger partial charge in [-0.15, -0.1) is 0 Å². The molecule has 6 nitrogen and oxygen atoms in total. The zero-order valence-electron chi connectivity index (χ0n) is 20.9. The number of rotatable bonds is 6. The molecule has 1 atom stereocenters. The van der Waals surface area contributed by atoms with Crippen molar-refractivity contribution in [1.82, 2.24) is 10.2 Å². The second-order valence-electron chi connectivity index (χ2n) is 11.8. The van der Waals surface area contributed by atoms with Gasteiger partial charge in [-0.3, -0.25) is 14.4 Å². The lowest BCUT2D eigenvalue weighted by Crippen LogP contribution is -2.60. The Hall–Kier alpha value is -2.37. The van der Waals surface area contributed by atoms with Gasteiger partial charge in [0, 0.05) is 42.8 Å². The van der Waals surface area contributed by atoms with E-state index in [9.17, 15) is 14.4 Å². The average Bonchev–Trinajstić information content (AvgIpc) is 2.81. The van der Waals surface area contributed by atoms with Crippen molar-refractivity contribution in [3.63, 3.8) is 0 Å². The van der Waals surface area contributed by atoms with Crippen LogP contribution in [0.1, 0.15) is 69.7 Å². The van der Waals surface area contributed by atoms with E-state index in [0.717, 1.165) is 38.0 Å². The molecule has 0 aromatic heterocycles. The largest absolute Gasteiger partial charge is 0.368 e. The topological polar surface area (TPSA) is 69.7 Å². The minimum Gasteiger partial charge on any atom is -0.368 e. The van der Waals surface area contributed by atoms with Crippen LogP contribution in [0.15, 0.2) is 24.3 Å². The number of carbonyl (C=O) groups is 3. The van der Waals surface area contributed by atoms with Crippen molar-refractivity contribution in [2.45, 2.75) is 65.3 Å². The molecule has 1 saturated heterocycles. The second kappa shape index (κ2) is 9.01. The minimum atomic E-state index is -0.457. The quantitative estimate of drug-likeness (QED) is 0.647. The van der Waals surface area contributed by atoms with Crippen molar-refractivity contribution in [2.24, 2.45) is 29.1 Å². The van der Waals surface area contributed by atoms with Crippen LogP contribution in [0.2, 0.25) is 0 Å². The molecule has 6 heteroatoms. The van der Waals surface area contributed by atoms with Crippen LogP contribution >= 0.6 is 0 Å². The molecule has 1 aliphatic heterocycles. The molecule has 1 unspecified atom stereocenters. The number of hydrogen-bond acceptors (Lipinski definition) is 4.